The molecule has 0 saturated heterocycles. The van der Waals surface area contributed by atoms with Crippen LogP contribution < -0.4 is 0 Å². The first-order valence-corrected chi connectivity index (χ1v) is 5.14. The average Bonchev–Trinajstić information content (AvgIpc) is 2.25. The van der Waals surface area contributed by atoms with E-state index in [9.17, 15) is 0 Å². The highest BCUT2D eigenvalue weighted by Gasteiger charge is 2.10. The molecule has 0 aromatic rings. The quantitative estimate of drug-likeness (QED) is 0.516. The molecule has 15 heavy (non-hydrogen) atoms. The number of hydrogen-bond donors (Lipinski definition) is 0. The van der Waals surface area contributed by atoms with Gasteiger partial charge in [-0.1, -0.05) is 0 Å². The second kappa shape index (κ2) is 10.3. The van der Waals surface area contributed by atoms with Crippen LogP contribution in [0.25, 0.3) is 0 Å². The minimum atomic E-state index is -0.339. The van der Waals surface area contributed by atoms with Crippen molar-refractivity contribution >= 4 is 0 Å². The van der Waals surface area contributed by atoms with Crippen LogP contribution in [-0.4, -0.2) is 53.2 Å². The van der Waals surface area contributed by atoms with Crippen molar-refractivity contribution in [1.82, 2.24) is 0 Å². The largest absolute Gasteiger partial charge is 0.371 e. The topological polar surface area (TPSA) is 46.2 Å². The van der Waals surface area contributed by atoms with Gasteiger partial charge in [0.25, 0.3) is 0 Å². The molecular formula is C10H22O5. The molecule has 0 radical (unpaired) electrons. The molecule has 92 valence electrons. The normalized spacial score (nSPS) is 11.6. The van der Waals surface area contributed by atoms with E-state index in [0.29, 0.717) is 26.4 Å². The zero-order chi connectivity index (χ0) is 11.5. The molecule has 0 aromatic carbocycles. The van der Waals surface area contributed by atoms with Gasteiger partial charge >= 0.3 is 0 Å². The Balaban J connectivity index is 3.59. The second-order valence-corrected chi connectivity index (χ2v) is 2.78. The third kappa shape index (κ3) is 7.70. The molecule has 0 atom stereocenters. The molecule has 0 heterocycles. The average molecular weight is 222 g/mol. The molecule has 0 bridgehead atoms. The van der Waals surface area contributed by atoms with Gasteiger partial charge in [-0.3, -0.25) is 0 Å². The summed E-state index contributed by atoms with van der Waals surface area (Å²) in [5.74, 6) is 0. The Morgan fingerprint density at radius 1 is 0.800 bits per heavy atom. The predicted octanol–water partition coefficient (Wildman–Crippen LogP) is 1.02. The standard InChI is InChI=1S/C10H22O5/c1-5-14-10(15-6-2)8-13-7-9(11-3)12-4/h9-10H,5-8H2,1-4H3. The third-order valence-corrected chi connectivity index (χ3v) is 1.74. The Labute approximate surface area is 91.6 Å². The summed E-state index contributed by atoms with van der Waals surface area (Å²) in [6.45, 7) is 5.78. The number of methoxy groups -OCH3 is 2. The Morgan fingerprint density at radius 3 is 1.67 bits per heavy atom. The highest BCUT2D eigenvalue weighted by Crippen LogP contribution is 1.98. The fraction of sp³-hybridized carbons (Fsp3) is 1.00. The van der Waals surface area contributed by atoms with Gasteiger partial charge in [0.2, 0.25) is 0 Å². The summed E-state index contributed by atoms with van der Waals surface area (Å²) >= 11 is 0. The zero-order valence-electron chi connectivity index (χ0n) is 10.0. The number of rotatable bonds is 10. The summed E-state index contributed by atoms with van der Waals surface area (Å²) in [5.41, 5.74) is 0. The minimum Gasteiger partial charge on any atom is -0.371 e. The molecule has 0 aliphatic heterocycles. The maximum atomic E-state index is 5.34. The van der Waals surface area contributed by atoms with Gasteiger partial charge in [0, 0.05) is 27.4 Å². The number of hydrogen-bond acceptors (Lipinski definition) is 5. The maximum Gasteiger partial charge on any atom is 0.180 e. The Hall–Kier alpha value is -0.200. The van der Waals surface area contributed by atoms with Crippen molar-refractivity contribution in [1.29, 1.82) is 0 Å². The van der Waals surface area contributed by atoms with Gasteiger partial charge < -0.3 is 23.7 Å². The summed E-state index contributed by atoms with van der Waals surface area (Å²) < 4.78 is 25.9. The van der Waals surface area contributed by atoms with E-state index in [0.717, 1.165) is 0 Å². The molecule has 5 nitrogen and oxygen atoms in total. The summed E-state index contributed by atoms with van der Waals surface area (Å²) in [7, 11) is 3.14. The molecule has 0 fully saturated rings. The van der Waals surface area contributed by atoms with Crippen LogP contribution in [0.1, 0.15) is 13.8 Å². The summed E-state index contributed by atoms with van der Waals surface area (Å²) in [5, 5.41) is 0. The molecule has 0 saturated carbocycles. The van der Waals surface area contributed by atoms with E-state index < -0.39 is 0 Å². The van der Waals surface area contributed by atoms with E-state index >= 15 is 0 Å². The van der Waals surface area contributed by atoms with Gasteiger partial charge in [0.15, 0.2) is 12.6 Å². The Kier molecular flexibility index (Phi) is 10.2. The smallest absolute Gasteiger partial charge is 0.180 e. The lowest BCUT2D eigenvalue weighted by molar-refractivity contribution is -0.192. The van der Waals surface area contributed by atoms with Gasteiger partial charge in [0.05, 0.1) is 13.2 Å². The lowest BCUT2D eigenvalue weighted by Crippen LogP contribution is -2.27. The summed E-state index contributed by atoms with van der Waals surface area (Å²) in [6, 6.07) is 0. The van der Waals surface area contributed by atoms with E-state index in [2.05, 4.69) is 0 Å². The highest BCUT2D eigenvalue weighted by molar-refractivity contribution is 4.44. The lowest BCUT2D eigenvalue weighted by Gasteiger charge is -2.19. The highest BCUT2D eigenvalue weighted by atomic mass is 16.7. The van der Waals surface area contributed by atoms with Crippen LogP contribution in [0, 0.1) is 0 Å². The zero-order valence-corrected chi connectivity index (χ0v) is 10.0. The van der Waals surface area contributed by atoms with Gasteiger partial charge in [0.1, 0.15) is 0 Å². The maximum absolute atomic E-state index is 5.34. The predicted molar refractivity (Wildman–Crippen MR) is 55.7 cm³/mol. The molecule has 0 aromatic heterocycles. The fourth-order valence-electron chi connectivity index (χ4n) is 1.01. The van der Waals surface area contributed by atoms with E-state index in [4.69, 9.17) is 23.7 Å². The first-order valence-electron chi connectivity index (χ1n) is 5.14. The fourth-order valence-corrected chi connectivity index (χ4v) is 1.01. The molecule has 0 spiro atoms. The van der Waals surface area contributed by atoms with Gasteiger partial charge in [-0.25, -0.2) is 0 Å². The minimum absolute atomic E-state index is 0.311. The molecule has 5 heteroatoms. The van der Waals surface area contributed by atoms with E-state index in [-0.39, 0.29) is 12.6 Å². The van der Waals surface area contributed by atoms with Crippen LogP contribution in [-0.2, 0) is 23.7 Å². The van der Waals surface area contributed by atoms with E-state index in [1.54, 1.807) is 14.2 Å². The molecular weight excluding hydrogens is 200 g/mol. The second-order valence-electron chi connectivity index (χ2n) is 2.78. The molecule has 0 amide bonds. The van der Waals surface area contributed by atoms with Crippen molar-refractivity contribution in [2.45, 2.75) is 26.4 Å². The molecule has 0 aliphatic rings. The van der Waals surface area contributed by atoms with Crippen molar-refractivity contribution < 1.29 is 23.7 Å². The van der Waals surface area contributed by atoms with Gasteiger partial charge in [-0.15, -0.1) is 0 Å². The monoisotopic (exact) mass is 222 g/mol. The number of ether oxygens (including phenoxy) is 5. The van der Waals surface area contributed by atoms with Crippen molar-refractivity contribution in [3.63, 3.8) is 0 Å². The van der Waals surface area contributed by atoms with Crippen LogP contribution in [0.15, 0.2) is 0 Å². The Morgan fingerprint density at radius 2 is 1.27 bits per heavy atom. The van der Waals surface area contributed by atoms with Gasteiger partial charge in [-0.2, -0.15) is 0 Å². The van der Waals surface area contributed by atoms with Crippen LogP contribution in [0.5, 0.6) is 0 Å². The summed E-state index contributed by atoms with van der Waals surface area (Å²) in [4.78, 5) is 0. The molecule has 0 aliphatic carbocycles. The SMILES string of the molecule is CCOC(COCC(OC)OC)OCC. The first kappa shape index (κ1) is 14.8. The summed E-state index contributed by atoms with van der Waals surface area (Å²) in [6.07, 6.45) is -0.650. The molecule has 0 N–H and O–H groups in total. The van der Waals surface area contributed by atoms with Crippen LogP contribution in [0.4, 0.5) is 0 Å². The van der Waals surface area contributed by atoms with Crippen molar-refractivity contribution in [2.75, 3.05) is 40.6 Å². The van der Waals surface area contributed by atoms with Crippen molar-refractivity contribution in [3.8, 4) is 0 Å². The van der Waals surface area contributed by atoms with Crippen LogP contribution >= 0.6 is 0 Å². The molecule has 0 rings (SSSR count). The Bertz CT molecular complexity index is 121. The van der Waals surface area contributed by atoms with E-state index in [1.807, 2.05) is 13.8 Å². The third-order valence-electron chi connectivity index (χ3n) is 1.74. The van der Waals surface area contributed by atoms with E-state index in [1.165, 1.54) is 0 Å². The first-order chi connectivity index (χ1) is 7.28. The van der Waals surface area contributed by atoms with Crippen LogP contribution in [0.2, 0.25) is 0 Å². The van der Waals surface area contributed by atoms with Gasteiger partial charge in [-0.05, 0) is 13.8 Å². The van der Waals surface area contributed by atoms with Crippen molar-refractivity contribution in [3.05, 3.63) is 0 Å². The van der Waals surface area contributed by atoms with Crippen molar-refractivity contribution in [2.24, 2.45) is 0 Å². The molecule has 0 unspecified atom stereocenters. The van der Waals surface area contributed by atoms with Crippen LogP contribution in [0.3, 0.4) is 0 Å². The lowest BCUT2D eigenvalue weighted by atomic mass is 10.6.